The average Bonchev–Trinajstić information content (AvgIpc) is 2.61. The number of tetrazole rings is 1. The lowest BCUT2D eigenvalue weighted by atomic mass is 10.3. The maximum Gasteiger partial charge on any atom is 0.143 e. The van der Waals surface area contributed by atoms with Crippen molar-refractivity contribution in [1.82, 2.24) is 20.2 Å². The first-order chi connectivity index (χ1) is 6.27. The highest BCUT2D eigenvalue weighted by atomic mass is 79.9. The van der Waals surface area contributed by atoms with Crippen molar-refractivity contribution in [2.45, 2.75) is 0 Å². The van der Waals surface area contributed by atoms with Gasteiger partial charge in [0, 0.05) is 10.5 Å². The van der Waals surface area contributed by atoms with Gasteiger partial charge in [0.1, 0.15) is 12.1 Å². The second-order valence-corrected chi connectivity index (χ2v) is 3.20. The third kappa shape index (κ3) is 1.57. The van der Waals surface area contributed by atoms with Crippen LogP contribution in [0.4, 0.5) is 4.39 Å². The molecule has 2 rings (SSSR count). The maximum atomic E-state index is 12.8. The van der Waals surface area contributed by atoms with E-state index in [4.69, 9.17) is 0 Å². The summed E-state index contributed by atoms with van der Waals surface area (Å²) in [6.07, 6.45) is 1.40. The van der Waals surface area contributed by atoms with Crippen LogP contribution in [-0.2, 0) is 0 Å². The number of hydrogen-bond acceptors (Lipinski definition) is 3. The van der Waals surface area contributed by atoms with E-state index < -0.39 is 0 Å². The van der Waals surface area contributed by atoms with Gasteiger partial charge in [-0.1, -0.05) is 0 Å². The summed E-state index contributed by atoms with van der Waals surface area (Å²) in [4.78, 5) is 0. The van der Waals surface area contributed by atoms with Crippen molar-refractivity contribution in [3.8, 4) is 5.69 Å². The van der Waals surface area contributed by atoms with E-state index in [2.05, 4.69) is 31.5 Å². The molecule has 0 N–H and O–H groups in total. The molecule has 0 amide bonds. The largest absolute Gasteiger partial charge is 0.207 e. The molecule has 0 saturated heterocycles. The minimum absolute atomic E-state index is 0.325. The van der Waals surface area contributed by atoms with Crippen molar-refractivity contribution in [3.63, 3.8) is 0 Å². The first-order valence-electron chi connectivity index (χ1n) is 3.46. The molecule has 0 radical (unpaired) electrons. The van der Waals surface area contributed by atoms with Crippen molar-refractivity contribution in [2.24, 2.45) is 0 Å². The second-order valence-electron chi connectivity index (χ2n) is 2.35. The van der Waals surface area contributed by atoms with Gasteiger partial charge in [-0.25, -0.2) is 4.39 Å². The lowest BCUT2D eigenvalue weighted by molar-refractivity contribution is 0.624. The fourth-order valence-electron chi connectivity index (χ4n) is 0.933. The van der Waals surface area contributed by atoms with E-state index in [9.17, 15) is 4.39 Å². The summed E-state index contributed by atoms with van der Waals surface area (Å²) in [5.74, 6) is -0.325. The highest BCUT2D eigenvalue weighted by Crippen LogP contribution is 2.20. The van der Waals surface area contributed by atoms with E-state index >= 15 is 0 Å². The van der Waals surface area contributed by atoms with Crippen LogP contribution in [0.25, 0.3) is 5.69 Å². The van der Waals surface area contributed by atoms with E-state index in [1.807, 2.05) is 0 Å². The van der Waals surface area contributed by atoms with Gasteiger partial charge in [0.2, 0.25) is 0 Å². The minimum atomic E-state index is -0.325. The monoisotopic (exact) mass is 242 g/mol. The lowest BCUT2D eigenvalue weighted by Crippen LogP contribution is -1.96. The second kappa shape index (κ2) is 3.21. The number of halogens is 2. The van der Waals surface area contributed by atoms with Crippen molar-refractivity contribution in [1.29, 1.82) is 0 Å². The molecule has 0 unspecified atom stereocenters. The van der Waals surface area contributed by atoms with Crippen LogP contribution >= 0.6 is 15.9 Å². The predicted molar refractivity (Wildman–Crippen MR) is 46.8 cm³/mol. The van der Waals surface area contributed by atoms with E-state index in [-0.39, 0.29) is 5.82 Å². The van der Waals surface area contributed by atoms with Gasteiger partial charge in [-0.3, -0.25) is 0 Å². The Bertz CT molecular complexity index is 414. The topological polar surface area (TPSA) is 43.6 Å². The molecular weight excluding hydrogens is 239 g/mol. The van der Waals surface area contributed by atoms with Gasteiger partial charge >= 0.3 is 0 Å². The van der Waals surface area contributed by atoms with Gasteiger partial charge in [0.25, 0.3) is 0 Å². The zero-order valence-corrected chi connectivity index (χ0v) is 7.94. The summed E-state index contributed by atoms with van der Waals surface area (Å²) >= 11 is 3.27. The number of nitrogens with zero attached hydrogens (tertiary/aromatic N) is 4. The van der Waals surface area contributed by atoms with Crippen molar-refractivity contribution in [3.05, 3.63) is 34.8 Å². The Balaban J connectivity index is 2.57. The average molecular weight is 243 g/mol. The van der Waals surface area contributed by atoms with Crippen LogP contribution in [0.2, 0.25) is 0 Å². The van der Waals surface area contributed by atoms with Crippen LogP contribution in [0, 0.1) is 5.82 Å². The molecule has 6 heteroatoms. The highest BCUT2D eigenvalue weighted by molar-refractivity contribution is 9.10. The third-order valence-corrected chi connectivity index (χ3v) is 2.17. The zero-order valence-electron chi connectivity index (χ0n) is 6.35. The number of aromatic nitrogens is 4. The number of rotatable bonds is 1. The summed E-state index contributed by atoms with van der Waals surface area (Å²) < 4.78 is 15.0. The van der Waals surface area contributed by atoms with Crippen LogP contribution in [-0.4, -0.2) is 20.2 Å². The fraction of sp³-hybridized carbons (Fsp3) is 0. The van der Waals surface area contributed by atoms with Crippen LogP contribution < -0.4 is 0 Å². The molecule has 0 aliphatic carbocycles. The molecule has 1 heterocycles. The molecule has 0 aliphatic rings. The van der Waals surface area contributed by atoms with Crippen LogP contribution in [0.3, 0.4) is 0 Å². The zero-order chi connectivity index (χ0) is 9.26. The lowest BCUT2D eigenvalue weighted by Gasteiger charge is -2.01. The number of benzene rings is 1. The smallest absolute Gasteiger partial charge is 0.143 e. The molecule has 0 atom stereocenters. The molecule has 4 nitrogen and oxygen atoms in total. The molecular formula is C7H4BrFN4. The molecule has 0 aliphatic heterocycles. The van der Waals surface area contributed by atoms with Crippen molar-refractivity contribution in [2.75, 3.05) is 0 Å². The Morgan fingerprint density at radius 1 is 1.38 bits per heavy atom. The Morgan fingerprint density at radius 3 is 2.92 bits per heavy atom. The molecule has 1 aromatic heterocycles. The van der Waals surface area contributed by atoms with Gasteiger partial charge in [0.05, 0.1) is 5.69 Å². The van der Waals surface area contributed by atoms with Gasteiger partial charge in [0.15, 0.2) is 0 Å². The quantitative estimate of drug-likeness (QED) is 0.763. The molecule has 66 valence electrons. The van der Waals surface area contributed by atoms with Gasteiger partial charge in [-0.05, 0) is 38.5 Å². The van der Waals surface area contributed by atoms with Gasteiger partial charge in [-0.15, -0.1) is 5.10 Å². The highest BCUT2D eigenvalue weighted by Gasteiger charge is 2.04. The van der Waals surface area contributed by atoms with Crippen LogP contribution in [0.1, 0.15) is 0 Å². The van der Waals surface area contributed by atoms with Crippen molar-refractivity contribution >= 4 is 15.9 Å². The molecule has 13 heavy (non-hydrogen) atoms. The Hall–Kier alpha value is -1.30. The molecule has 2 aromatic rings. The van der Waals surface area contributed by atoms with Crippen molar-refractivity contribution < 1.29 is 4.39 Å². The molecule has 1 aromatic carbocycles. The number of hydrogen-bond donors (Lipinski definition) is 0. The maximum absolute atomic E-state index is 12.8. The first kappa shape index (κ1) is 8.31. The standard InChI is InChI=1S/C7H4BrFN4/c8-6-2-1-5(9)3-7(6)13-4-10-11-12-13/h1-4H. The van der Waals surface area contributed by atoms with E-state index in [1.165, 1.54) is 23.1 Å². The predicted octanol–water partition coefficient (Wildman–Crippen LogP) is 1.56. The van der Waals surface area contributed by atoms with Crippen LogP contribution in [0.5, 0.6) is 0 Å². The summed E-state index contributed by atoms with van der Waals surface area (Å²) in [6, 6.07) is 4.31. The normalized spacial score (nSPS) is 10.3. The summed E-state index contributed by atoms with van der Waals surface area (Å²) in [7, 11) is 0. The molecule has 0 fully saturated rings. The summed E-state index contributed by atoms with van der Waals surface area (Å²) in [6.45, 7) is 0. The van der Waals surface area contributed by atoms with E-state index in [0.29, 0.717) is 5.69 Å². The van der Waals surface area contributed by atoms with E-state index in [0.717, 1.165) is 4.47 Å². The summed E-state index contributed by atoms with van der Waals surface area (Å²) in [5.41, 5.74) is 0.574. The molecule has 0 spiro atoms. The Morgan fingerprint density at radius 2 is 2.23 bits per heavy atom. The van der Waals surface area contributed by atoms with Gasteiger partial charge < -0.3 is 0 Å². The van der Waals surface area contributed by atoms with E-state index in [1.54, 1.807) is 6.07 Å². The molecule has 0 bridgehead atoms. The Kier molecular flexibility index (Phi) is 2.05. The SMILES string of the molecule is Fc1ccc(Br)c(-n2cnnn2)c1. The third-order valence-electron chi connectivity index (χ3n) is 1.50. The molecule has 0 saturated carbocycles. The van der Waals surface area contributed by atoms with Crippen LogP contribution in [0.15, 0.2) is 29.0 Å². The minimum Gasteiger partial charge on any atom is -0.207 e. The van der Waals surface area contributed by atoms with Gasteiger partial charge in [-0.2, -0.15) is 4.68 Å². The fourth-order valence-corrected chi connectivity index (χ4v) is 1.36. The Labute approximate surface area is 81.5 Å². The summed E-state index contributed by atoms with van der Waals surface area (Å²) in [5, 5.41) is 10.6. The first-order valence-corrected chi connectivity index (χ1v) is 4.25.